The van der Waals surface area contributed by atoms with Crippen LogP contribution in [0, 0.1) is 12.8 Å². The van der Waals surface area contributed by atoms with Gasteiger partial charge in [-0.2, -0.15) is 5.10 Å². The van der Waals surface area contributed by atoms with Gasteiger partial charge in [0.2, 0.25) is 0 Å². The number of ether oxygens (including phenoxy) is 2. The van der Waals surface area contributed by atoms with E-state index in [1.807, 2.05) is 35.9 Å². The lowest BCUT2D eigenvalue weighted by Gasteiger charge is -2.14. The summed E-state index contributed by atoms with van der Waals surface area (Å²) in [5, 5.41) is 5.61. The fourth-order valence-electron chi connectivity index (χ4n) is 2.94. The Bertz CT molecular complexity index is 979. The number of carbonyl (C=O) groups is 1. The van der Waals surface area contributed by atoms with Crippen LogP contribution < -0.4 is 4.74 Å². The van der Waals surface area contributed by atoms with E-state index in [0.717, 1.165) is 32.4 Å². The molecule has 0 saturated heterocycles. The molecule has 0 amide bonds. The van der Waals surface area contributed by atoms with Crippen molar-refractivity contribution in [3.05, 3.63) is 57.7 Å². The van der Waals surface area contributed by atoms with Crippen LogP contribution in [-0.2, 0) is 11.3 Å². The van der Waals surface area contributed by atoms with Gasteiger partial charge in [0.25, 0.3) is 0 Å². The molecule has 0 fully saturated rings. The molecular weight excluding hydrogens is 408 g/mol. The Balaban J connectivity index is 1.97. The fraction of sp³-hybridized carbons (Fsp3) is 0.333. The van der Waals surface area contributed by atoms with Gasteiger partial charge in [0.1, 0.15) is 5.75 Å². The molecule has 1 heterocycles. The first-order valence-corrected chi connectivity index (χ1v) is 9.65. The maximum Gasteiger partial charge on any atom is 0.337 e. The Labute approximate surface area is 167 Å². The van der Waals surface area contributed by atoms with Crippen LogP contribution in [0.25, 0.3) is 10.9 Å². The van der Waals surface area contributed by atoms with Crippen LogP contribution in [-0.4, -0.2) is 29.5 Å². The number of esters is 1. The van der Waals surface area contributed by atoms with Crippen molar-refractivity contribution in [1.29, 1.82) is 0 Å². The number of rotatable bonds is 6. The smallest absolute Gasteiger partial charge is 0.337 e. The zero-order valence-corrected chi connectivity index (χ0v) is 17.5. The summed E-state index contributed by atoms with van der Waals surface area (Å²) in [6, 6.07) is 11.5. The van der Waals surface area contributed by atoms with Gasteiger partial charge in [-0.15, -0.1) is 0 Å². The summed E-state index contributed by atoms with van der Waals surface area (Å²) in [5.41, 5.74) is 3.41. The summed E-state index contributed by atoms with van der Waals surface area (Å²) in [6.45, 7) is 7.44. The summed E-state index contributed by atoms with van der Waals surface area (Å²) >= 11 is 3.54. The number of methoxy groups -OCH3 is 1. The summed E-state index contributed by atoms with van der Waals surface area (Å²) in [6.07, 6.45) is 0. The highest BCUT2D eigenvalue weighted by molar-refractivity contribution is 9.10. The Kier molecular flexibility index (Phi) is 5.85. The molecule has 1 aromatic heterocycles. The van der Waals surface area contributed by atoms with E-state index < -0.39 is 0 Å². The van der Waals surface area contributed by atoms with Crippen molar-refractivity contribution in [2.45, 2.75) is 27.3 Å². The van der Waals surface area contributed by atoms with Crippen molar-refractivity contribution in [1.82, 2.24) is 9.78 Å². The molecule has 3 aromatic rings. The lowest BCUT2D eigenvalue weighted by molar-refractivity contribution is 0.0601. The van der Waals surface area contributed by atoms with Crippen molar-refractivity contribution in [3.8, 4) is 5.75 Å². The molecule has 0 atom stereocenters. The maximum absolute atomic E-state index is 11.8. The largest absolute Gasteiger partial charge is 0.493 e. The van der Waals surface area contributed by atoms with Crippen LogP contribution in [0.1, 0.15) is 35.5 Å². The highest BCUT2D eigenvalue weighted by Gasteiger charge is 2.14. The molecule has 0 unspecified atom stereocenters. The molecule has 0 bridgehead atoms. The molecule has 0 aliphatic heterocycles. The number of benzene rings is 2. The molecule has 0 aliphatic rings. The molecule has 0 N–H and O–H groups in total. The Morgan fingerprint density at radius 2 is 2.00 bits per heavy atom. The third kappa shape index (κ3) is 4.33. The average molecular weight is 431 g/mol. The predicted molar refractivity (Wildman–Crippen MR) is 109 cm³/mol. The summed E-state index contributed by atoms with van der Waals surface area (Å²) in [5.74, 6) is 0.964. The Morgan fingerprint density at radius 1 is 1.22 bits per heavy atom. The van der Waals surface area contributed by atoms with Crippen LogP contribution in [0.5, 0.6) is 5.75 Å². The van der Waals surface area contributed by atoms with Gasteiger partial charge in [-0.05, 0) is 49.2 Å². The van der Waals surface area contributed by atoms with E-state index in [1.54, 1.807) is 6.07 Å². The van der Waals surface area contributed by atoms with E-state index in [-0.39, 0.29) is 5.97 Å². The second kappa shape index (κ2) is 8.13. The summed E-state index contributed by atoms with van der Waals surface area (Å²) in [4.78, 5) is 11.8. The van der Waals surface area contributed by atoms with Crippen molar-refractivity contribution >= 4 is 32.8 Å². The number of hydrogen-bond acceptors (Lipinski definition) is 4. The van der Waals surface area contributed by atoms with Gasteiger partial charge in [-0.25, -0.2) is 4.79 Å². The third-order valence-electron chi connectivity index (χ3n) is 4.27. The quantitative estimate of drug-likeness (QED) is 0.517. The number of hydrogen-bond donors (Lipinski definition) is 0. The number of fused-ring (bicyclic) bond motifs is 1. The van der Waals surface area contributed by atoms with E-state index in [0.29, 0.717) is 24.6 Å². The van der Waals surface area contributed by atoms with E-state index >= 15 is 0 Å². The molecule has 6 heteroatoms. The summed E-state index contributed by atoms with van der Waals surface area (Å²) < 4.78 is 13.7. The normalized spacial score (nSPS) is 11.2. The monoisotopic (exact) mass is 430 g/mol. The van der Waals surface area contributed by atoms with Crippen molar-refractivity contribution < 1.29 is 14.3 Å². The molecule has 0 saturated carbocycles. The molecule has 2 aromatic carbocycles. The van der Waals surface area contributed by atoms with Crippen molar-refractivity contribution in [3.63, 3.8) is 0 Å². The summed E-state index contributed by atoms with van der Waals surface area (Å²) in [7, 11) is 1.38. The number of aromatic nitrogens is 2. The van der Waals surface area contributed by atoms with Crippen LogP contribution in [0.3, 0.4) is 0 Å². The molecule has 0 aliphatic carbocycles. The lowest BCUT2D eigenvalue weighted by Crippen LogP contribution is -2.09. The molecule has 3 rings (SSSR count). The molecular formula is C21H23BrN2O3. The van der Waals surface area contributed by atoms with Crippen LogP contribution in [0.15, 0.2) is 40.9 Å². The highest BCUT2D eigenvalue weighted by Crippen LogP contribution is 2.27. The van der Waals surface area contributed by atoms with E-state index in [1.165, 1.54) is 7.11 Å². The van der Waals surface area contributed by atoms with Crippen LogP contribution in [0.4, 0.5) is 0 Å². The second-order valence-corrected chi connectivity index (χ2v) is 7.84. The van der Waals surface area contributed by atoms with Crippen molar-refractivity contribution in [2.24, 2.45) is 5.92 Å². The number of halogens is 1. The first kappa shape index (κ1) is 19.4. The molecule has 142 valence electrons. The first-order chi connectivity index (χ1) is 12.9. The number of nitrogens with zero attached hydrogens (tertiary/aromatic N) is 2. The van der Waals surface area contributed by atoms with Gasteiger partial charge >= 0.3 is 5.97 Å². The second-order valence-electron chi connectivity index (χ2n) is 6.92. The van der Waals surface area contributed by atoms with Crippen molar-refractivity contribution in [2.75, 3.05) is 13.7 Å². The van der Waals surface area contributed by atoms with E-state index in [9.17, 15) is 4.79 Å². The Hall–Kier alpha value is -2.34. The van der Waals surface area contributed by atoms with Gasteiger partial charge in [0.15, 0.2) is 0 Å². The fourth-order valence-corrected chi connectivity index (χ4v) is 3.34. The Morgan fingerprint density at radius 3 is 2.70 bits per heavy atom. The zero-order chi connectivity index (χ0) is 19.6. The first-order valence-electron chi connectivity index (χ1n) is 8.85. The van der Waals surface area contributed by atoms with Crippen LogP contribution >= 0.6 is 15.9 Å². The van der Waals surface area contributed by atoms with Gasteiger partial charge in [-0.1, -0.05) is 29.8 Å². The minimum Gasteiger partial charge on any atom is -0.493 e. The van der Waals surface area contributed by atoms with Gasteiger partial charge in [-0.3, -0.25) is 4.68 Å². The predicted octanol–water partition coefficient (Wildman–Crippen LogP) is 4.98. The SMILES string of the molecule is COC(=O)c1ccc2c(c1)c(C)nn2Cc1cc(Br)ccc1OCC(C)C. The zero-order valence-electron chi connectivity index (χ0n) is 16.0. The van der Waals surface area contributed by atoms with Gasteiger partial charge in [0, 0.05) is 15.4 Å². The maximum atomic E-state index is 11.8. The highest BCUT2D eigenvalue weighted by atomic mass is 79.9. The molecule has 5 nitrogen and oxygen atoms in total. The molecule has 0 radical (unpaired) electrons. The topological polar surface area (TPSA) is 53.3 Å². The third-order valence-corrected chi connectivity index (χ3v) is 4.76. The lowest BCUT2D eigenvalue weighted by atomic mass is 10.1. The van der Waals surface area contributed by atoms with Crippen LogP contribution in [0.2, 0.25) is 0 Å². The van der Waals surface area contributed by atoms with Gasteiger partial charge in [0.05, 0.1) is 37.0 Å². The standard InChI is InChI=1S/C21H23BrN2O3/c1-13(2)12-27-20-8-6-17(22)9-16(20)11-24-19-7-5-15(21(25)26-4)10-18(19)14(3)23-24/h5-10,13H,11-12H2,1-4H3. The average Bonchev–Trinajstić information content (AvgIpc) is 2.95. The van der Waals surface area contributed by atoms with E-state index in [4.69, 9.17) is 9.47 Å². The molecule has 27 heavy (non-hydrogen) atoms. The minimum absolute atomic E-state index is 0.347. The number of carbonyl (C=O) groups excluding carboxylic acids is 1. The molecule has 0 spiro atoms. The minimum atomic E-state index is -0.347. The van der Waals surface area contributed by atoms with E-state index in [2.05, 4.69) is 40.9 Å². The number of aryl methyl sites for hydroxylation is 1. The van der Waals surface area contributed by atoms with Gasteiger partial charge < -0.3 is 9.47 Å².